The summed E-state index contributed by atoms with van der Waals surface area (Å²) < 4.78 is 24.9. The first-order chi connectivity index (χ1) is 16.5. The van der Waals surface area contributed by atoms with Crippen LogP contribution in [0.25, 0.3) is 0 Å². The lowest BCUT2D eigenvalue weighted by Gasteiger charge is -2.37. The van der Waals surface area contributed by atoms with Crippen LogP contribution >= 0.6 is 11.3 Å². The number of benzene rings is 2. The number of carbonyl (C=O) groups excluding carboxylic acids is 2. The molecule has 1 aromatic heterocycles. The Balaban J connectivity index is 1.52. The Kier molecular flexibility index (Phi) is 7.54. The molecule has 1 atom stereocenters. The summed E-state index contributed by atoms with van der Waals surface area (Å²) in [5.41, 5.74) is 3.08. The van der Waals surface area contributed by atoms with Crippen LogP contribution in [-0.2, 0) is 22.6 Å². The number of ether oxygens (including phenoxy) is 2. The van der Waals surface area contributed by atoms with Crippen molar-refractivity contribution in [3.8, 4) is 5.75 Å². The normalized spacial score (nSPS) is 15.0. The summed E-state index contributed by atoms with van der Waals surface area (Å²) in [7, 11) is 1.57. The summed E-state index contributed by atoms with van der Waals surface area (Å²) in [6.07, 6.45) is 0.717. The molecule has 1 N–H and O–H groups in total. The van der Waals surface area contributed by atoms with E-state index in [0.717, 1.165) is 23.1 Å². The van der Waals surface area contributed by atoms with Crippen molar-refractivity contribution in [2.45, 2.75) is 26.0 Å². The lowest BCUT2D eigenvalue weighted by atomic mass is 9.88. The molecule has 2 heterocycles. The van der Waals surface area contributed by atoms with E-state index in [0.29, 0.717) is 36.1 Å². The second-order valence-corrected chi connectivity index (χ2v) is 8.89. The van der Waals surface area contributed by atoms with Crippen molar-refractivity contribution in [2.75, 3.05) is 26.8 Å². The maximum Gasteiger partial charge on any atom is 0.270 e. The highest BCUT2D eigenvalue weighted by Crippen LogP contribution is 2.37. The number of aromatic nitrogens is 1. The molecular formula is C25H26FN3O4S. The average molecular weight is 484 g/mol. The van der Waals surface area contributed by atoms with Crippen LogP contribution in [0.1, 0.15) is 45.2 Å². The molecule has 0 unspecified atom stereocenters. The largest absolute Gasteiger partial charge is 0.486 e. The van der Waals surface area contributed by atoms with Crippen LogP contribution in [0.5, 0.6) is 5.75 Å². The summed E-state index contributed by atoms with van der Waals surface area (Å²) in [6, 6.07) is 11.8. The van der Waals surface area contributed by atoms with Crippen LogP contribution in [0, 0.1) is 5.82 Å². The van der Waals surface area contributed by atoms with Crippen LogP contribution in [0.4, 0.5) is 4.39 Å². The fourth-order valence-electron chi connectivity index (χ4n) is 4.04. The average Bonchev–Trinajstić information content (AvgIpc) is 3.31. The number of thiazole rings is 1. The number of hydrogen-bond acceptors (Lipinski definition) is 6. The van der Waals surface area contributed by atoms with Gasteiger partial charge in [0.2, 0.25) is 5.91 Å². The molecule has 1 aliphatic rings. The van der Waals surface area contributed by atoms with Crippen LogP contribution in [-0.4, -0.2) is 48.5 Å². The smallest absolute Gasteiger partial charge is 0.270 e. The molecular weight excluding hydrogens is 457 g/mol. The van der Waals surface area contributed by atoms with E-state index in [-0.39, 0.29) is 30.3 Å². The minimum atomic E-state index is -0.386. The van der Waals surface area contributed by atoms with Gasteiger partial charge in [0.15, 0.2) is 0 Å². The number of hydrogen-bond donors (Lipinski definition) is 1. The Morgan fingerprint density at radius 2 is 2.12 bits per heavy atom. The molecule has 34 heavy (non-hydrogen) atoms. The standard InChI is InChI=1S/C25H26FN3O4S/c1-16(30)29-10-8-17-6-7-20(13-21(17)24(29)18-4-3-5-19(26)12-18)33-14-23-28-22(15-34-23)25(31)27-9-11-32-2/h3-7,12-13,15,24H,8-11,14H2,1-2H3,(H,27,31)/t24-/m0/s1. The van der Waals surface area contributed by atoms with Crippen LogP contribution in [0.2, 0.25) is 0 Å². The van der Waals surface area contributed by atoms with Gasteiger partial charge in [0, 0.05) is 32.5 Å². The van der Waals surface area contributed by atoms with Gasteiger partial charge in [-0.1, -0.05) is 18.2 Å². The zero-order valence-electron chi connectivity index (χ0n) is 19.0. The quantitative estimate of drug-likeness (QED) is 0.494. The molecule has 2 aromatic carbocycles. The SMILES string of the molecule is COCCNC(=O)c1csc(COc2ccc3c(c2)[C@H](c2cccc(F)c2)N(C(C)=O)CC3)n1. The van der Waals surface area contributed by atoms with Gasteiger partial charge in [0.1, 0.15) is 28.9 Å². The first-order valence-corrected chi connectivity index (χ1v) is 11.8. The Labute approximate surface area is 201 Å². The molecule has 0 radical (unpaired) electrons. The van der Waals surface area contributed by atoms with Gasteiger partial charge in [-0.3, -0.25) is 9.59 Å². The third-order valence-electron chi connectivity index (χ3n) is 5.65. The van der Waals surface area contributed by atoms with Crippen molar-refractivity contribution in [2.24, 2.45) is 0 Å². The van der Waals surface area contributed by atoms with E-state index in [4.69, 9.17) is 9.47 Å². The van der Waals surface area contributed by atoms with Gasteiger partial charge in [-0.2, -0.15) is 0 Å². The highest BCUT2D eigenvalue weighted by Gasteiger charge is 2.31. The Bertz CT molecular complexity index is 1180. The van der Waals surface area contributed by atoms with Crippen molar-refractivity contribution in [1.82, 2.24) is 15.2 Å². The summed E-state index contributed by atoms with van der Waals surface area (Å²) in [4.78, 5) is 30.6. The van der Waals surface area contributed by atoms with E-state index in [2.05, 4.69) is 10.3 Å². The second kappa shape index (κ2) is 10.8. The third kappa shape index (κ3) is 5.43. The lowest BCUT2D eigenvalue weighted by Crippen LogP contribution is -2.39. The number of amides is 2. The van der Waals surface area contributed by atoms with Gasteiger partial charge in [0.25, 0.3) is 5.91 Å². The van der Waals surface area contributed by atoms with Gasteiger partial charge < -0.3 is 19.7 Å². The number of carbonyl (C=O) groups is 2. The monoisotopic (exact) mass is 483 g/mol. The van der Waals surface area contributed by atoms with Gasteiger partial charge >= 0.3 is 0 Å². The fourth-order valence-corrected chi connectivity index (χ4v) is 4.73. The second-order valence-electron chi connectivity index (χ2n) is 7.94. The van der Waals surface area contributed by atoms with Crippen molar-refractivity contribution in [3.63, 3.8) is 0 Å². The van der Waals surface area contributed by atoms with Crippen molar-refractivity contribution >= 4 is 23.2 Å². The van der Waals surface area contributed by atoms with Crippen molar-refractivity contribution < 1.29 is 23.5 Å². The number of rotatable bonds is 8. The molecule has 1 aliphatic heterocycles. The summed E-state index contributed by atoms with van der Waals surface area (Å²) in [6.45, 7) is 3.15. The first kappa shape index (κ1) is 23.8. The molecule has 2 amide bonds. The van der Waals surface area contributed by atoms with E-state index < -0.39 is 0 Å². The van der Waals surface area contributed by atoms with Crippen molar-refractivity contribution in [1.29, 1.82) is 0 Å². The topological polar surface area (TPSA) is 80.8 Å². The molecule has 9 heteroatoms. The number of nitrogens with one attached hydrogen (secondary N) is 1. The first-order valence-electron chi connectivity index (χ1n) is 11.0. The predicted molar refractivity (Wildman–Crippen MR) is 126 cm³/mol. The number of fused-ring (bicyclic) bond motifs is 1. The molecule has 0 saturated heterocycles. The molecule has 0 fully saturated rings. The highest BCUT2D eigenvalue weighted by atomic mass is 32.1. The fraction of sp³-hybridized carbons (Fsp3) is 0.320. The lowest BCUT2D eigenvalue weighted by molar-refractivity contribution is -0.130. The number of nitrogens with zero attached hydrogens (tertiary/aromatic N) is 2. The Morgan fingerprint density at radius 1 is 1.26 bits per heavy atom. The minimum absolute atomic E-state index is 0.0645. The van der Waals surface area contributed by atoms with E-state index in [1.54, 1.807) is 23.5 Å². The maximum atomic E-state index is 14.0. The van der Waals surface area contributed by atoms with Crippen LogP contribution < -0.4 is 10.1 Å². The van der Waals surface area contributed by atoms with Crippen LogP contribution in [0.3, 0.4) is 0 Å². The summed E-state index contributed by atoms with van der Waals surface area (Å²) >= 11 is 1.35. The van der Waals surface area contributed by atoms with Crippen LogP contribution in [0.15, 0.2) is 47.8 Å². The molecule has 7 nitrogen and oxygen atoms in total. The summed E-state index contributed by atoms with van der Waals surface area (Å²) in [5, 5.41) is 5.10. The van der Waals surface area contributed by atoms with E-state index in [1.165, 1.54) is 30.4 Å². The molecule has 178 valence electrons. The number of halogens is 1. The van der Waals surface area contributed by atoms with Gasteiger partial charge in [-0.15, -0.1) is 11.3 Å². The number of methoxy groups -OCH3 is 1. The predicted octanol–water partition coefficient (Wildman–Crippen LogP) is 3.73. The molecule has 3 aromatic rings. The van der Waals surface area contributed by atoms with Gasteiger partial charge in [-0.25, -0.2) is 9.37 Å². The maximum absolute atomic E-state index is 14.0. The van der Waals surface area contributed by atoms with Gasteiger partial charge in [-0.05, 0) is 47.4 Å². The molecule has 0 saturated carbocycles. The van der Waals surface area contributed by atoms with Gasteiger partial charge in [0.05, 0.1) is 12.6 Å². The van der Waals surface area contributed by atoms with E-state index in [9.17, 15) is 14.0 Å². The molecule has 0 spiro atoms. The van der Waals surface area contributed by atoms with Crippen molar-refractivity contribution in [3.05, 3.63) is 81.1 Å². The third-order valence-corrected chi connectivity index (χ3v) is 6.48. The Morgan fingerprint density at radius 3 is 2.88 bits per heavy atom. The zero-order valence-corrected chi connectivity index (χ0v) is 19.9. The minimum Gasteiger partial charge on any atom is -0.486 e. The highest BCUT2D eigenvalue weighted by molar-refractivity contribution is 7.09. The van der Waals surface area contributed by atoms with E-state index >= 15 is 0 Å². The summed E-state index contributed by atoms with van der Waals surface area (Å²) in [5.74, 6) is -0.0425. The van der Waals surface area contributed by atoms with E-state index in [1.807, 2.05) is 24.3 Å². The zero-order chi connectivity index (χ0) is 24.1. The molecule has 0 bridgehead atoms. The molecule has 0 aliphatic carbocycles. The Hall–Kier alpha value is -3.30. The molecule has 4 rings (SSSR count).